The largest absolute Gasteiger partial charge is 0.398 e. The Morgan fingerprint density at radius 2 is 1.95 bits per heavy atom. The lowest BCUT2D eigenvalue weighted by atomic mass is 10.1. The van der Waals surface area contributed by atoms with Gasteiger partial charge in [0.2, 0.25) is 10.0 Å². The van der Waals surface area contributed by atoms with Gasteiger partial charge in [-0.15, -0.1) is 0 Å². The normalized spacial score (nSPS) is 11.0. The number of nitrogens with two attached hydrogens (primary N) is 1. The minimum Gasteiger partial charge on any atom is -0.398 e. The van der Waals surface area contributed by atoms with Gasteiger partial charge in [-0.25, -0.2) is 13.1 Å². The molecule has 3 N–H and O–H groups in total. The van der Waals surface area contributed by atoms with Crippen LogP contribution in [0.1, 0.15) is 16.7 Å². The Morgan fingerprint density at radius 3 is 2.57 bits per heavy atom. The molecule has 0 aliphatic rings. The van der Waals surface area contributed by atoms with Gasteiger partial charge in [-0.05, 0) is 42.3 Å². The lowest BCUT2D eigenvalue weighted by molar-refractivity contribution is 0.581. The molecule has 0 spiro atoms. The fourth-order valence-electron chi connectivity index (χ4n) is 1.88. The van der Waals surface area contributed by atoms with Crippen LogP contribution in [0.15, 0.2) is 47.4 Å². The molecular formula is C15H15N3O2S. The zero-order valence-corrected chi connectivity index (χ0v) is 12.3. The van der Waals surface area contributed by atoms with Gasteiger partial charge in [0.05, 0.1) is 16.5 Å². The van der Waals surface area contributed by atoms with Crippen LogP contribution < -0.4 is 10.5 Å². The van der Waals surface area contributed by atoms with Crippen molar-refractivity contribution in [3.05, 3.63) is 59.2 Å². The van der Waals surface area contributed by atoms with Crippen LogP contribution in [0.25, 0.3) is 0 Å². The fraction of sp³-hybridized carbons (Fsp3) is 0.133. The van der Waals surface area contributed by atoms with E-state index in [4.69, 9.17) is 11.0 Å². The number of nitrogens with one attached hydrogen (secondary N) is 1. The molecule has 2 aromatic rings. The zero-order valence-electron chi connectivity index (χ0n) is 11.5. The molecule has 0 atom stereocenters. The van der Waals surface area contributed by atoms with Gasteiger partial charge in [0, 0.05) is 12.2 Å². The Labute approximate surface area is 124 Å². The van der Waals surface area contributed by atoms with Gasteiger partial charge in [0.15, 0.2) is 0 Å². The molecule has 108 valence electrons. The molecule has 0 fully saturated rings. The van der Waals surface area contributed by atoms with E-state index in [1.807, 2.05) is 6.07 Å². The Bertz CT molecular complexity index is 808. The van der Waals surface area contributed by atoms with E-state index in [0.29, 0.717) is 22.4 Å². The maximum Gasteiger partial charge on any atom is 0.240 e. The standard InChI is InChI=1S/C15H15N3O2S/c1-11-8-14(7-6-12(11)9-16)21(19,20)18-10-13-4-2-3-5-15(13)17/h2-8,18H,10,17H2,1H3. The van der Waals surface area contributed by atoms with Crippen molar-refractivity contribution >= 4 is 15.7 Å². The fourth-order valence-corrected chi connectivity index (χ4v) is 2.97. The van der Waals surface area contributed by atoms with Crippen molar-refractivity contribution < 1.29 is 8.42 Å². The Morgan fingerprint density at radius 1 is 1.24 bits per heavy atom. The Hall–Kier alpha value is -2.36. The molecule has 0 heterocycles. The van der Waals surface area contributed by atoms with Crippen molar-refractivity contribution in [1.82, 2.24) is 4.72 Å². The summed E-state index contributed by atoms with van der Waals surface area (Å²) in [5.41, 5.74) is 8.12. The highest BCUT2D eigenvalue weighted by Crippen LogP contribution is 2.16. The SMILES string of the molecule is Cc1cc(S(=O)(=O)NCc2ccccc2N)ccc1C#N. The summed E-state index contributed by atoms with van der Waals surface area (Å²) < 4.78 is 27.0. The molecule has 21 heavy (non-hydrogen) atoms. The smallest absolute Gasteiger partial charge is 0.240 e. The van der Waals surface area contributed by atoms with Crippen molar-refractivity contribution in [1.29, 1.82) is 5.26 Å². The second-order valence-corrected chi connectivity index (χ2v) is 6.38. The predicted molar refractivity (Wildman–Crippen MR) is 80.8 cm³/mol. The molecule has 0 saturated carbocycles. The molecule has 6 heteroatoms. The highest BCUT2D eigenvalue weighted by atomic mass is 32.2. The average Bonchev–Trinajstić information content (AvgIpc) is 2.46. The second-order valence-electron chi connectivity index (χ2n) is 4.61. The number of para-hydroxylation sites is 1. The first-order valence-electron chi connectivity index (χ1n) is 6.28. The van der Waals surface area contributed by atoms with Crippen molar-refractivity contribution in [3.63, 3.8) is 0 Å². The van der Waals surface area contributed by atoms with Crippen LogP contribution in [0, 0.1) is 18.3 Å². The van der Waals surface area contributed by atoms with Crippen LogP contribution in [0.5, 0.6) is 0 Å². The first-order chi connectivity index (χ1) is 9.94. The van der Waals surface area contributed by atoms with Crippen LogP contribution in [0.4, 0.5) is 5.69 Å². The minimum absolute atomic E-state index is 0.119. The van der Waals surface area contributed by atoms with Crippen molar-refractivity contribution in [2.45, 2.75) is 18.4 Å². The van der Waals surface area contributed by atoms with Gasteiger partial charge in [0.25, 0.3) is 0 Å². The van der Waals surface area contributed by atoms with E-state index in [1.54, 1.807) is 31.2 Å². The van der Waals surface area contributed by atoms with E-state index in [0.717, 1.165) is 0 Å². The molecule has 0 bridgehead atoms. The molecule has 0 unspecified atom stereocenters. The van der Waals surface area contributed by atoms with Crippen LogP contribution in [0.2, 0.25) is 0 Å². The number of nitrogens with zero attached hydrogens (tertiary/aromatic N) is 1. The number of sulfonamides is 1. The van der Waals surface area contributed by atoms with Gasteiger partial charge < -0.3 is 5.73 Å². The van der Waals surface area contributed by atoms with E-state index < -0.39 is 10.0 Å². The number of nitrogen functional groups attached to an aromatic ring is 1. The highest BCUT2D eigenvalue weighted by molar-refractivity contribution is 7.89. The number of benzene rings is 2. The maximum atomic E-state index is 12.2. The monoisotopic (exact) mass is 301 g/mol. The first kappa shape index (κ1) is 15.0. The van der Waals surface area contributed by atoms with E-state index in [9.17, 15) is 8.42 Å². The lowest BCUT2D eigenvalue weighted by Gasteiger charge is -2.09. The van der Waals surface area contributed by atoms with Gasteiger partial charge in [-0.1, -0.05) is 18.2 Å². The lowest BCUT2D eigenvalue weighted by Crippen LogP contribution is -2.23. The summed E-state index contributed by atoms with van der Waals surface area (Å²) in [5, 5.41) is 8.87. The summed E-state index contributed by atoms with van der Waals surface area (Å²) in [5.74, 6) is 0. The Balaban J connectivity index is 2.21. The number of nitriles is 1. The molecule has 2 rings (SSSR count). The van der Waals surface area contributed by atoms with Crippen LogP contribution >= 0.6 is 0 Å². The van der Waals surface area contributed by atoms with Gasteiger partial charge in [0.1, 0.15) is 0 Å². The number of aryl methyl sites for hydroxylation is 1. The third kappa shape index (κ3) is 3.40. The third-order valence-corrected chi connectivity index (χ3v) is 4.54. The van der Waals surface area contributed by atoms with Crippen molar-refractivity contribution in [2.75, 3.05) is 5.73 Å². The van der Waals surface area contributed by atoms with E-state index >= 15 is 0 Å². The topological polar surface area (TPSA) is 96.0 Å². The quantitative estimate of drug-likeness (QED) is 0.843. The van der Waals surface area contributed by atoms with E-state index in [-0.39, 0.29) is 11.4 Å². The third-order valence-electron chi connectivity index (χ3n) is 3.14. The first-order valence-corrected chi connectivity index (χ1v) is 7.76. The zero-order chi connectivity index (χ0) is 15.5. The number of hydrogen-bond acceptors (Lipinski definition) is 4. The average molecular weight is 301 g/mol. The molecule has 0 amide bonds. The number of anilines is 1. The van der Waals surface area contributed by atoms with Crippen LogP contribution in [0.3, 0.4) is 0 Å². The predicted octanol–water partition coefficient (Wildman–Crippen LogP) is 1.93. The van der Waals surface area contributed by atoms with Gasteiger partial charge in [-0.2, -0.15) is 5.26 Å². The molecule has 0 saturated heterocycles. The molecule has 0 aliphatic heterocycles. The summed E-state index contributed by atoms with van der Waals surface area (Å²) in [7, 11) is -3.64. The van der Waals surface area contributed by atoms with Crippen LogP contribution in [-0.2, 0) is 16.6 Å². The Kier molecular flexibility index (Phi) is 4.26. The second kappa shape index (κ2) is 5.95. The summed E-state index contributed by atoms with van der Waals surface area (Å²) in [4.78, 5) is 0.133. The van der Waals surface area contributed by atoms with E-state index in [2.05, 4.69) is 4.72 Å². The van der Waals surface area contributed by atoms with Crippen molar-refractivity contribution in [2.24, 2.45) is 0 Å². The molecule has 0 radical (unpaired) electrons. The van der Waals surface area contributed by atoms with Crippen molar-refractivity contribution in [3.8, 4) is 6.07 Å². The summed E-state index contributed by atoms with van der Waals surface area (Å²) in [6.07, 6.45) is 0. The summed E-state index contributed by atoms with van der Waals surface area (Å²) in [6, 6.07) is 13.5. The maximum absolute atomic E-state index is 12.2. The summed E-state index contributed by atoms with van der Waals surface area (Å²) >= 11 is 0. The minimum atomic E-state index is -3.64. The van der Waals surface area contributed by atoms with E-state index in [1.165, 1.54) is 18.2 Å². The highest BCUT2D eigenvalue weighted by Gasteiger charge is 2.15. The van der Waals surface area contributed by atoms with Crippen LogP contribution in [-0.4, -0.2) is 8.42 Å². The molecule has 2 aromatic carbocycles. The number of hydrogen-bond donors (Lipinski definition) is 2. The van der Waals surface area contributed by atoms with Gasteiger partial charge >= 0.3 is 0 Å². The molecule has 0 aliphatic carbocycles. The van der Waals surface area contributed by atoms with Gasteiger partial charge in [-0.3, -0.25) is 0 Å². The summed E-state index contributed by atoms with van der Waals surface area (Å²) in [6.45, 7) is 1.82. The molecule has 5 nitrogen and oxygen atoms in total. The number of rotatable bonds is 4. The molecule has 0 aromatic heterocycles. The molecular weight excluding hydrogens is 286 g/mol.